The second-order valence-corrected chi connectivity index (χ2v) is 8.50. The first-order chi connectivity index (χ1) is 16.1. The highest BCUT2D eigenvalue weighted by Gasteiger charge is 2.20. The first-order valence-corrected chi connectivity index (χ1v) is 11.0. The summed E-state index contributed by atoms with van der Waals surface area (Å²) in [5.41, 5.74) is 7.48. The average molecular weight is 426 g/mol. The monoisotopic (exact) mass is 425 g/mol. The zero-order valence-corrected chi connectivity index (χ0v) is 18.5. The molecule has 0 aliphatic carbocycles. The first kappa shape index (κ1) is 19.3. The van der Waals surface area contributed by atoms with E-state index < -0.39 is 0 Å². The Hall–Kier alpha value is -4.42. The van der Waals surface area contributed by atoms with E-state index >= 15 is 0 Å². The van der Waals surface area contributed by atoms with Gasteiger partial charge >= 0.3 is 0 Å². The summed E-state index contributed by atoms with van der Waals surface area (Å²) in [6.45, 7) is 2.13. The van der Waals surface area contributed by atoms with Crippen LogP contribution in [0.5, 0.6) is 0 Å². The maximum atomic E-state index is 9.90. The lowest BCUT2D eigenvalue weighted by atomic mass is 9.95. The van der Waals surface area contributed by atoms with Crippen molar-refractivity contribution in [2.45, 2.75) is 6.92 Å². The summed E-state index contributed by atoms with van der Waals surface area (Å²) in [7, 11) is 2.05. The smallest absolute Gasteiger partial charge is 0.212 e. The molecule has 3 heteroatoms. The van der Waals surface area contributed by atoms with Gasteiger partial charge in [-0.15, -0.1) is 0 Å². The topological polar surface area (TPSA) is 40.8 Å². The number of nitrogens with zero attached hydrogens (tertiary/aromatic N) is 2. The summed E-state index contributed by atoms with van der Waals surface area (Å²) in [4.78, 5) is 0. The number of aromatic nitrogens is 1. The number of fused-ring (bicyclic) bond motifs is 4. The van der Waals surface area contributed by atoms with Gasteiger partial charge in [0.1, 0.15) is 18.2 Å². The van der Waals surface area contributed by atoms with Crippen molar-refractivity contribution in [3.63, 3.8) is 0 Å². The van der Waals surface area contributed by atoms with Gasteiger partial charge in [0.2, 0.25) is 5.69 Å². The lowest BCUT2D eigenvalue weighted by Crippen LogP contribution is -2.30. The van der Waals surface area contributed by atoms with E-state index in [1.54, 1.807) is 0 Å². The van der Waals surface area contributed by atoms with Gasteiger partial charge in [0.25, 0.3) is 0 Å². The molecule has 0 N–H and O–H groups in total. The van der Waals surface area contributed by atoms with Crippen molar-refractivity contribution in [2.75, 3.05) is 0 Å². The highest BCUT2D eigenvalue weighted by Crippen LogP contribution is 2.40. The van der Waals surface area contributed by atoms with Crippen LogP contribution in [0.2, 0.25) is 0 Å². The van der Waals surface area contributed by atoms with Gasteiger partial charge in [0.15, 0.2) is 6.20 Å². The third-order valence-corrected chi connectivity index (χ3v) is 6.48. The molecule has 0 atom stereocenters. The minimum atomic E-state index is 0.614. The summed E-state index contributed by atoms with van der Waals surface area (Å²) in [6.07, 6.45) is 2.05. The van der Waals surface area contributed by atoms with Gasteiger partial charge in [0, 0.05) is 28.5 Å². The standard InChI is InChI=1S/C30H21N2O/c1-19-15-26-24-13-12-23(18-31)29(22-11-10-20-7-3-4-8-21(20)16-22)30(24)33-28(26)17-25(19)27-9-5-6-14-32(27)2/h3-17H,1-2H3/q+1. The zero-order chi connectivity index (χ0) is 22.5. The predicted octanol–water partition coefficient (Wildman–Crippen LogP) is 7.08. The van der Waals surface area contributed by atoms with Crippen molar-refractivity contribution in [1.29, 1.82) is 5.26 Å². The molecule has 0 saturated carbocycles. The van der Waals surface area contributed by atoms with Gasteiger partial charge < -0.3 is 4.42 Å². The average Bonchev–Trinajstić information content (AvgIpc) is 3.20. The van der Waals surface area contributed by atoms with Crippen molar-refractivity contribution < 1.29 is 8.98 Å². The maximum absolute atomic E-state index is 9.90. The van der Waals surface area contributed by atoms with E-state index in [0.717, 1.165) is 49.7 Å². The predicted molar refractivity (Wildman–Crippen MR) is 133 cm³/mol. The molecule has 0 aliphatic heterocycles. The molecule has 33 heavy (non-hydrogen) atoms. The fraction of sp³-hybridized carbons (Fsp3) is 0.0667. The molecule has 2 heterocycles. The number of furan rings is 1. The van der Waals surface area contributed by atoms with Gasteiger partial charge in [-0.2, -0.15) is 5.26 Å². The van der Waals surface area contributed by atoms with Crippen LogP contribution in [0.3, 0.4) is 0 Å². The Balaban J connectivity index is 1.65. The molecular formula is C30H21N2O+. The van der Waals surface area contributed by atoms with Crippen LogP contribution in [0.4, 0.5) is 0 Å². The molecule has 3 nitrogen and oxygen atoms in total. The van der Waals surface area contributed by atoms with Crippen LogP contribution in [0, 0.1) is 18.3 Å². The second kappa shape index (κ2) is 7.32. The zero-order valence-electron chi connectivity index (χ0n) is 18.5. The van der Waals surface area contributed by atoms with E-state index in [1.165, 1.54) is 10.9 Å². The van der Waals surface area contributed by atoms with E-state index in [4.69, 9.17) is 4.42 Å². The van der Waals surface area contributed by atoms with E-state index in [2.05, 4.69) is 85.4 Å². The minimum absolute atomic E-state index is 0.614. The molecule has 2 aromatic heterocycles. The van der Waals surface area contributed by atoms with Crippen LogP contribution in [0.15, 0.2) is 95.5 Å². The Labute approximate surface area is 191 Å². The van der Waals surface area contributed by atoms with Crippen LogP contribution < -0.4 is 4.57 Å². The Kier molecular flexibility index (Phi) is 4.28. The SMILES string of the molecule is Cc1cc2c(cc1-c1cccc[n+]1C)oc1c(-c3ccc4ccccc4c3)c(C#N)ccc12. The van der Waals surface area contributed by atoms with Crippen LogP contribution in [0.25, 0.3) is 55.1 Å². The van der Waals surface area contributed by atoms with Crippen molar-refractivity contribution in [3.05, 3.63) is 102 Å². The van der Waals surface area contributed by atoms with Crippen molar-refractivity contribution >= 4 is 32.7 Å². The summed E-state index contributed by atoms with van der Waals surface area (Å²) in [5.74, 6) is 0. The Bertz CT molecular complexity index is 1750. The lowest BCUT2D eigenvalue weighted by Gasteiger charge is -2.07. The number of rotatable bonds is 2. The molecule has 0 spiro atoms. The molecule has 156 valence electrons. The molecule has 0 amide bonds. The normalized spacial score (nSPS) is 11.3. The van der Waals surface area contributed by atoms with E-state index in [9.17, 15) is 5.26 Å². The molecule has 0 radical (unpaired) electrons. The molecular weight excluding hydrogens is 404 g/mol. The maximum Gasteiger partial charge on any atom is 0.212 e. The van der Waals surface area contributed by atoms with E-state index in [1.807, 2.05) is 30.3 Å². The van der Waals surface area contributed by atoms with Gasteiger partial charge in [0.05, 0.1) is 17.2 Å². The number of nitriles is 1. The number of aryl methyl sites for hydroxylation is 2. The molecule has 6 rings (SSSR count). The van der Waals surface area contributed by atoms with Crippen LogP contribution >= 0.6 is 0 Å². The quantitative estimate of drug-likeness (QED) is 0.278. The minimum Gasteiger partial charge on any atom is -0.455 e. The first-order valence-electron chi connectivity index (χ1n) is 11.0. The molecule has 0 fully saturated rings. The van der Waals surface area contributed by atoms with Crippen LogP contribution in [-0.4, -0.2) is 0 Å². The number of pyridine rings is 1. The molecule has 0 unspecified atom stereocenters. The molecule has 0 saturated heterocycles. The van der Waals surface area contributed by atoms with Crippen molar-refractivity contribution in [2.24, 2.45) is 7.05 Å². The fourth-order valence-electron chi connectivity index (χ4n) is 4.80. The largest absolute Gasteiger partial charge is 0.455 e. The Morgan fingerprint density at radius 3 is 2.45 bits per heavy atom. The Morgan fingerprint density at radius 1 is 0.818 bits per heavy atom. The third-order valence-electron chi connectivity index (χ3n) is 6.48. The van der Waals surface area contributed by atoms with Crippen molar-refractivity contribution in [3.8, 4) is 28.5 Å². The lowest BCUT2D eigenvalue weighted by molar-refractivity contribution is -0.660. The Morgan fingerprint density at radius 2 is 1.64 bits per heavy atom. The summed E-state index contributed by atoms with van der Waals surface area (Å²) in [5, 5.41) is 14.3. The third kappa shape index (κ3) is 3.00. The molecule has 6 aromatic rings. The highest BCUT2D eigenvalue weighted by molar-refractivity contribution is 6.12. The van der Waals surface area contributed by atoms with Gasteiger partial charge in [-0.05, 0) is 65.2 Å². The molecule has 0 aliphatic rings. The van der Waals surface area contributed by atoms with Crippen LogP contribution in [-0.2, 0) is 7.05 Å². The summed E-state index contributed by atoms with van der Waals surface area (Å²) >= 11 is 0. The van der Waals surface area contributed by atoms with Crippen LogP contribution in [0.1, 0.15) is 11.1 Å². The number of hydrogen-bond acceptors (Lipinski definition) is 2. The highest BCUT2D eigenvalue weighted by atomic mass is 16.3. The van der Waals surface area contributed by atoms with Gasteiger partial charge in [-0.25, -0.2) is 4.57 Å². The fourth-order valence-corrected chi connectivity index (χ4v) is 4.80. The van der Waals surface area contributed by atoms with E-state index in [0.29, 0.717) is 5.56 Å². The summed E-state index contributed by atoms with van der Waals surface area (Å²) in [6, 6.07) is 31.4. The molecule has 0 bridgehead atoms. The van der Waals surface area contributed by atoms with E-state index in [-0.39, 0.29) is 0 Å². The number of benzene rings is 4. The second-order valence-electron chi connectivity index (χ2n) is 8.50. The van der Waals surface area contributed by atoms with Crippen molar-refractivity contribution in [1.82, 2.24) is 0 Å². The van der Waals surface area contributed by atoms with Gasteiger partial charge in [-0.1, -0.05) is 36.4 Å². The molecule has 4 aromatic carbocycles. The summed E-state index contributed by atoms with van der Waals surface area (Å²) < 4.78 is 8.61. The van der Waals surface area contributed by atoms with Gasteiger partial charge in [-0.3, -0.25) is 0 Å². The number of hydrogen-bond donors (Lipinski definition) is 0.